The Labute approximate surface area is 190 Å². The molecule has 0 aliphatic rings. The van der Waals surface area contributed by atoms with Crippen molar-refractivity contribution in [2.24, 2.45) is 10.2 Å². The molecule has 0 N–H and O–H groups in total. The van der Waals surface area contributed by atoms with Gasteiger partial charge in [0.2, 0.25) is 0 Å². The maximum absolute atomic E-state index is 7.77. The topological polar surface area (TPSA) is 82.0 Å². The zero-order chi connectivity index (χ0) is 24.0. The van der Waals surface area contributed by atoms with Crippen molar-refractivity contribution >= 4 is 22.8 Å². The summed E-state index contributed by atoms with van der Waals surface area (Å²) in [6, 6.07) is 0. The molecule has 3 aromatic heterocycles. The third-order valence-electron chi connectivity index (χ3n) is 5.32. The molecular formula is C23H35N9. The quantitative estimate of drug-likeness (QED) is 0.339. The SMILES string of the molecule is [C-]#[N+]c1c(C(C)(C)C)nn(CC)c1N=Nc1c(C(C)(C)C)nn2c(C(C)C)nn(CC)c12. The minimum Gasteiger partial charge on any atom is -0.257 e. The molecule has 0 amide bonds. The van der Waals surface area contributed by atoms with Crippen LogP contribution in [0.2, 0.25) is 0 Å². The fourth-order valence-electron chi connectivity index (χ4n) is 3.65. The average Bonchev–Trinajstić information content (AvgIpc) is 3.34. The molecule has 0 saturated carbocycles. The Morgan fingerprint density at radius 1 is 0.875 bits per heavy atom. The summed E-state index contributed by atoms with van der Waals surface area (Å²) < 4.78 is 5.58. The fraction of sp³-hybridized carbons (Fsp3) is 0.652. The third kappa shape index (κ3) is 3.94. The van der Waals surface area contributed by atoms with Crippen LogP contribution in [0.25, 0.3) is 10.5 Å². The van der Waals surface area contributed by atoms with Crippen molar-refractivity contribution < 1.29 is 0 Å². The summed E-state index contributed by atoms with van der Waals surface area (Å²) >= 11 is 0. The molecule has 0 saturated heterocycles. The lowest BCUT2D eigenvalue weighted by molar-refractivity contribution is 0.542. The highest BCUT2D eigenvalue weighted by atomic mass is 15.5. The van der Waals surface area contributed by atoms with E-state index in [0.717, 1.165) is 22.9 Å². The lowest BCUT2D eigenvalue weighted by atomic mass is 9.91. The normalized spacial score (nSPS) is 13.1. The van der Waals surface area contributed by atoms with Gasteiger partial charge < -0.3 is 0 Å². The van der Waals surface area contributed by atoms with E-state index >= 15 is 0 Å². The molecule has 9 nitrogen and oxygen atoms in total. The molecule has 0 spiro atoms. The van der Waals surface area contributed by atoms with Crippen LogP contribution in [-0.4, -0.2) is 29.2 Å². The van der Waals surface area contributed by atoms with Crippen molar-refractivity contribution in [1.82, 2.24) is 29.2 Å². The average molecular weight is 438 g/mol. The molecule has 0 fully saturated rings. The molecule has 0 unspecified atom stereocenters. The molecule has 172 valence electrons. The van der Waals surface area contributed by atoms with Crippen molar-refractivity contribution in [3.8, 4) is 0 Å². The maximum Gasteiger partial charge on any atom is 0.255 e. The van der Waals surface area contributed by atoms with Gasteiger partial charge in [-0.05, 0) is 19.3 Å². The predicted molar refractivity (Wildman–Crippen MR) is 126 cm³/mol. The van der Waals surface area contributed by atoms with E-state index in [1.165, 1.54) is 0 Å². The van der Waals surface area contributed by atoms with Crippen LogP contribution in [0.15, 0.2) is 10.2 Å². The zero-order valence-electron chi connectivity index (χ0n) is 21.0. The van der Waals surface area contributed by atoms with E-state index in [-0.39, 0.29) is 16.7 Å². The number of azo groups is 1. The van der Waals surface area contributed by atoms with Crippen LogP contribution in [0.4, 0.5) is 17.2 Å². The van der Waals surface area contributed by atoms with Gasteiger partial charge in [-0.1, -0.05) is 55.4 Å². The smallest absolute Gasteiger partial charge is 0.255 e. The third-order valence-corrected chi connectivity index (χ3v) is 5.32. The maximum atomic E-state index is 7.77. The van der Waals surface area contributed by atoms with Crippen molar-refractivity contribution in [3.05, 3.63) is 28.6 Å². The van der Waals surface area contributed by atoms with Crippen molar-refractivity contribution in [2.75, 3.05) is 0 Å². The number of aryl methyl sites for hydroxylation is 2. The highest BCUT2D eigenvalue weighted by Gasteiger charge is 2.30. The van der Waals surface area contributed by atoms with E-state index in [0.29, 0.717) is 30.3 Å². The molecule has 0 radical (unpaired) electrons. The first kappa shape index (κ1) is 23.6. The first-order chi connectivity index (χ1) is 14.8. The molecule has 0 bridgehead atoms. The van der Waals surface area contributed by atoms with Gasteiger partial charge in [0.1, 0.15) is 0 Å². The molecular weight excluding hydrogens is 402 g/mol. The Hall–Kier alpha value is -3.02. The molecule has 0 aliphatic carbocycles. The molecule has 3 heterocycles. The minimum atomic E-state index is -0.265. The van der Waals surface area contributed by atoms with Crippen LogP contribution in [0.1, 0.15) is 92.4 Å². The molecule has 32 heavy (non-hydrogen) atoms. The van der Waals surface area contributed by atoms with Gasteiger partial charge in [-0.3, -0.25) is 4.68 Å². The van der Waals surface area contributed by atoms with Gasteiger partial charge >= 0.3 is 0 Å². The van der Waals surface area contributed by atoms with Crippen LogP contribution in [-0.2, 0) is 23.9 Å². The van der Waals surface area contributed by atoms with Gasteiger partial charge in [0.25, 0.3) is 5.69 Å². The monoisotopic (exact) mass is 437 g/mol. The summed E-state index contributed by atoms with van der Waals surface area (Å²) in [6.07, 6.45) is 0. The van der Waals surface area contributed by atoms with Crippen LogP contribution < -0.4 is 0 Å². The van der Waals surface area contributed by atoms with Crippen LogP contribution in [0, 0.1) is 6.57 Å². The Kier molecular flexibility index (Phi) is 6.02. The summed E-state index contributed by atoms with van der Waals surface area (Å²) in [5.41, 5.74) is 3.06. The van der Waals surface area contributed by atoms with E-state index in [9.17, 15) is 0 Å². The second kappa shape index (κ2) is 8.15. The summed E-state index contributed by atoms with van der Waals surface area (Å²) in [4.78, 5) is 3.77. The number of hydrogen-bond donors (Lipinski definition) is 0. The van der Waals surface area contributed by atoms with Crippen molar-refractivity contribution in [3.63, 3.8) is 0 Å². The standard InChI is InChI=1S/C23H35N9/c1-12-30-20(15(24-11)17(27-30)22(5,6)7)26-25-16-18(23(8,9)10)28-32-19(14(3)4)29-31(13-2)21(16)32/h14H,12-13H2,1-10H3. The number of fused-ring (bicyclic) bond motifs is 1. The summed E-state index contributed by atoms with van der Waals surface area (Å²) in [5, 5.41) is 23.6. The fourth-order valence-corrected chi connectivity index (χ4v) is 3.65. The van der Waals surface area contributed by atoms with Gasteiger partial charge in [-0.2, -0.15) is 19.8 Å². The van der Waals surface area contributed by atoms with Crippen LogP contribution in [0.3, 0.4) is 0 Å². The first-order valence-corrected chi connectivity index (χ1v) is 11.2. The summed E-state index contributed by atoms with van der Waals surface area (Å²) in [5.74, 6) is 1.59. The molecule has 0 aliphatic heterocycles. The van der Waals surface area contributed by atoms with E-state index in [2.05, 4.69) is 77.4 Å². The predicted octanol–water partition coefficient (Wildman–Crippen LogP) is 6.45. The number of hydrogen-bond acceptors (Lipinski definition) is 5. The van der Waals surface area contributed by atoms with E-state index < -0.39 is 0 Å². The van der Waals surface area contributed by atoms with E-state index in [1.54, 1.807) is 4.68 Å². The van der Waals surface area contributed by atoms with Gasteiger partial charge in [0.15, 0.2) is 23.0 Å². The molecule has 9 heteroatoms. The van der Waals surface area contributed by atoms with E-state index in [4.69, 9.17) is 21.9 Å². The molecule has 3 rings (SSSR count). The van der Waals surface area contributed by atoms with Crippen molar-refractivity contribution in [2.45, 2.75) is 99.1 Å². The second-order valence-corrected chi connectivity index (χ2v) is 10.4. The zero-order valence-corrected chi connectivity index (χ0v) is 21.0. The van der Waals surface area contributed by atoms with E-state index in [1.807, 2.05) is 16.1 Å². The molecule has 3 aromatic rings. The van der Waals surface area contributed by atoms with Gasteiger partial charge in [0, 0.05) is 24.4 Å². The van der Waals surface area contributed by atoms with Gasteiger partial charge in [0.05, 0.1) is 18.0 Å². The van der Waals surface area contributed by atoms with Gasteiger partial charge in [-0.15, -0.1) is 10.2 Å². The highest BCUT2D eigenvalue weighted by molar-refractivity contribution is 5.71. The van der Waals surface area contributed by atoms with Crippen LogP contribution >= 0.6 is 0 Å². The lowest BCUT2D eigenvalue weighted by Gasteiger charge is -2.15. The first-order valence-electron chi connectivity index (χ1n) is 11.2. The summed E-state index contributed by atoms with van der Waals surface area (Å²) in [7, 11) is 0. The van der Waals surface area contributed by atoms with Crippen LogP contribution in [0.5, 0.6) is 0 Å². The minimum absolute atomic E-state index is 0.215. The highest BCUT2D eigenvalue weighted by Crippen LogP contribution is 2.41. The number of aromatic nitrogens is 6. The Bertz CT molecular complexity index is 1200. The lowest BCUT2D eigenvalue weighted by Crippen LogP contribution is -2.13. The Balaban J connectivity index is 2.30. The van der Waals surface area contributed by atoms with Gasteiger partial charge in [-0.25, -0.2) is 9.53 Å². The Morgan fingerprint density at radius 2 is 1.47 bits per heavy atom. The number of rotatable bonds is 5. The van der Waals surface area contributed by atoms with Crippen molar-refractivity contribution in [1.29, 1.82) is 0 Å². The Morgan fingerprint density at radius 3 is 1.94 bits per heavy atom. The number of nitrogens with zero attached hydrogens (tertiary/aromatic N) is 9. The second-order valence-electron chi connectivity index (χ2n) is 10.4. The summed E-state index contributed by atoms with van der Waals surface area (Å²) in [6.45, 7) is 29.8. The largest absolute Gasteiger partial charge is 0.257 e. The molecule has 0 aromatic carbocycles. The molecule has 0 atom stereocenters.